The Labute approximate surface area is 107 Å². The van der Waals surface area contributed by atoms with Crippen molar-refractivity contribution in [2.45, 2.75) is 65.5 Å². The van der Waals surface area contributed by atoms with E-state index in [9.17, 15) is 0 Å². The van der Waals surface area contributed by atoms with Crippen molar-refractivity contribution in [1.82, 2.24) is 5.32 Å². The molecular formula is C16H27N. The van der Waals surface area contributed by atoms with Crippen LogP contribution in [0, 0.1) is 0 Å². The Bertz CT molecular complexity index is 302. The maximum Gasteiger partial charge on any atom is 0.0294 e. The maximum absolute atomic E-state index is 3.65. The first-order valence-corrected chi connectivity index (χ1v) is 7.02. The zero-order valence-corrected chi connectivity index (χ0v) is 11.8. The van der Waals surface area contributed by atoms with Gasteiger partial charge in [-0.1, -0.05) is 51.0 Å². The van der Waals surface area contributed by atoms with Crippen LogP contribution in [-0.2, 0) is 6.42 Å². The predicted molar refractivity (Wildman–Crippen MR) is 76.4 cm³/mol. The Morgan fingerprint density at radius 2 is 1.65 bits per heavy atom. The first-order valence-electron chi connectivity index (χ1n) is 7.02. The van der Waals surface area contributed by atoms with E-state index in [2.05, 4.69) is 57.3 Å². The average Bonchev–Trinajstić information content (AvgIpc) is 2.30. The lowest BCUT2D eigenvalue weighted by molar-refractivity contribution is 0.452. The number of aryl methyl sites for hydroxylation is 1. The molecule has 0 bridgehead atoms. The van der Waals surface area contributed by atoms with Gasteiger partial charge in [0.15, 0.2) is 0 Å². The zero-order valence-electron chi connectivity index (χ0n) is 11.8. The Morgan fingerprint density at radius 3 is 2.18 bits per heavy atom. The van der Waals surface area contributed by atoms with Gasteiger partial charge in [-0.05, 0) is 37.8 Å². The molecule has 1 heteroatoms. The SMILES string of the molecule is CCCc1ccc(C(C)NC(C)CCC)cc1. The normalized spacial score (nSPS) is 14.6. The molecule has 1 aromatic rings. The first kappa shape index (κ1) is 14.2. The molecule has 1 rings (SSSR count). The van der Waals surface area contributed by atoms with Crippen LogP contribution in [0.15, 0.2) is 24.3 Å². The minimum absolute atomic E-state index is 0.451. The number of benzene rings is 1. The Balaban J connectivity index is 2.53. The van der Waals surface area contributed by atoms with Crippen molar-refractivity contribution >= 4 is 0 Å². The van der Waals surface area contributed by atoms with E-state index in [0.29, 0.717) is 12.1 Å². The highest BCUT2D eigenvalue weighted by molar-refractivity contribution is 5.24. The second-order valence-electron chi connectivity index (χ2n) is 5.07. The van der Waals surface area contributed by atoms with Crippen molar-refractivity contribution in [1.29, 1.82) is 0 Å². The van der Waals surface area contributed by atoms with Gasteiger partial charge in [0.25, 0.3) is 0 Å². The summed E-state index contributed by atoms with van der Waals surface area (Å²) in [6, 6.07) is 10.1. The van der Waals surface area contributed by atoms with Gasteiger partial charge in [-0.2, -0.15) is 0 Å². The van der Waals surface area contributed by atoms with Gasteiger partial charge in [0.2, 0.25) is 0 Å². The maximum atomic E-state index is 3.65. The summed E-state index contributed by atoms with van der Waals surface area (Å²) >= 11 is 0. The number of hydrogen-bond acceptors (Lipinski definition) is 1. The van der Waals surface area contributed by atoms with E-state index in [0.717, 1.165) is 0 Å². The summed E-state index contributed by atoms with van der Waals surface area (Å²) in [6.07, 6.45) is 4.91. The molecule has 0 aliphatic heterocycles. The average molecular weight is 233 g/mol. The lowest BCUT2D eigenvalue weighted by atomic mass is 10.0. The van der Waals surface area contributed by atoms with E-state index in [4.69, 9.17) is 0 Å². The minimum atomic E-state index is 0.451. The molecule has 0 radical (unpaired) electrons. The van der Waals surface area contributed by atoms with Gasteiger partial charge < -0.3 is 5.32 Å². The van der Waals surface area contributed by atoms with Crippen molar-refractivity contribution in [2.24, 2.45) is 0 Å². The lowest BCUT2D eigenvalue weighted by Gasteiger charge is -2.20. The fraction of sp³-hybridized carbons (Fsp3) is 0.625. The molecule has 0 spiro atoms. The largest absolute Gasteiger partial charge is 0.308 e. The fourth-order valence-electron chi connectivity index (χ4n) is 2.30. The molecule has 0 saturated carbocycles. The second-order valence-corrected chi connectivity index (χ2v) is 5.07. The third-order valence-corrected chi connectivity index (χ3v) is 3.27. The van der Waals surface area contributed by atoms with Crippen molar-refractivity contribution in [2.75, 3.05) is 0 Å². The molecule has 1 nitrogen and oxygen atoms in total. The molecule has 0 aromatic heterocycles. The van der Waals surface area contributed by atoms with E-state index < -0.39 is 0 Å². The van der Waals surface area contributed by atoms with Gasteiger partial charge in [0, 0.05) is 12.1 Å². The van der Waals surface area contributed by atoms with Crippen LogP contribution >= 0.6 is 0 Å². The molecule has 0 heterocycles. The van der Waals surface area contributed by atoms with Gasteiger partial charge in [-0.3, -0.25) is 0 Å². The highest BCUT2D eigenvalue weighted by Gasteiger charge is 2.08. The molecule has 1 aromatic carbocycles. The third kappa shape index (κ3) is 4.91. The third-order valence-electron chi connectivity index (χ3n) is 3.27. The minimum Gasteiger partial charge on any atom is -0.308 e. The van der Waals surface area contributed by atoms with Gasteiger partial charge in [-0.25, -0.2) is 0 Å². The molecule has 0 aliphatic carbocycles. The monoisotopic (exact) mass is 233 g/mol. The van der Waals surface area contributed by atoms with Crippen LogP contribution in [0.1, 0.15) is 64.1 Å². The molecule has 1 N–H and O–H groups in total. The lowest BCUT2D eigenvalue weighted by Crippen LogP contribution is -2.28. The van der Waals surface area contributed by atoms with E-state index in [1.807, 2.05) is 0 Å². The fourth-order valence-corrected chi connectivity index (χ4v) is 2.30. The van der Waals surface area contributed by atoms with Crippen LogP contribution in [0.25, 0.3) is 0 Å². The molecule has 2 atom stereocenters. The molecule has 96 valence electrons. The quantitative estimate of drug-likeness (QED) is 0.732. The molecule has 2 unspecified atom stereocenters. The first-order chi connectivity index (χ1) is 8.17. The summed E-state index contributed by atoms with van der Waals surface area (Å²) in [6.45, 7) is 8.99. The summed E-state index contributed by atoms with van der Waals surface area (Å²) in [5.41, 5.74) is 2.85. The summed E-state index contributed by atoms with van der Waals surface area (Å²) in [5, 5.41) is 3.65. The van der Waals surface area contributed by atoms with Crippen LogP contribution in [0.2, 0.25) is 0 Å². The molecule has 0 saturated heterocycles. The van der Waals surface area contributed by atoms with Crippen molar-refractivity contribution in [3.05, 3.63) is 35.4 Å². The standard InChI is InChI=1S/C16H27N/c1-5-7-13(3)17-14(4)16-11-9-15(8-6-2)10-12-16/h9-14,17H,5-8H2,1-4H3. The summed E-state index contributed by atoms with van der Waals surface area (Å²) in [4.78, 5) is 0. The molecule has 0 fully saturated rings. The smallest absolute Gasteiger partial charge is 0.0294 e. The van der Waals surface area contributed by atoms with Crippen molar-refractivity contribution in [3.8, 4) is 0 Å². The van der Waals surface area contributed by atoms with E-state index >= 15 is 0 Å². The predicted octanol–water partition coefficient (Wildman–Crippen LogP) is 4.48. The van der Waals surface area contributed by atoms with Gasteiger partial charge >= 0.3 is 0 Å². The Hall–Kier alpha value is -0.820. The molecule has 17 heavy (non-hydrogen) atoms. The van der Waals surface area contributed by atoms with Crippen LogP contribution in [-0.4, -0.2) is 6.04 Å². The molecule has 0 amide bonds. The second kappa shape index (κ2) is 7.50. The number of rotatable bonds is 7. The number of nitrogens with one attached hydrogen (secondary N) is 1. The summed E-state index contributed by atoms with van der Waals surface area (Å²) < 4.78 is 0. The van der Waals surface area contributed by atoms with Crippen molar-refractivity contribution in [3.63, 3.8) is 0 Å². The Kier molecular flexibility index (Phi) is 6.28. The molecular weight excluding hydrogens is 206 g/mol. The summed E-state index contributed by atoms with van der Waals surface area (Å²) in [5.74, 6) is 0. The zero-order chi connectivity index (χ0) is 12.7. The van der Waals surface area contributed by atoms with E-state index in [-0.39, 0.29) is 0 Å². The van der Waals surface area contributed by atoms with Crippen LogP contribution in [0.5, 0.6) is 0 Å². The van der Waals surface area contributed by atoms with Crippen LogP contribution in [0.3, 0.4) is 0 Å². The van der Waals surface area contributed by atoms with Crippen molar-refractivity contribution < 1.29 is 0 Å². The van der Waals surface area contributed by atoms with Gasteiger partial charge in [-0.15, -0.1) is 0 Å². The highest BCUT2D eigenvalue weighted by Crippen LogP contribution is 2.15. The summed E-state index contributed by atoms with van der Waals surface area (Å²) in [7, 11) is 0. The van der Waals surface area contributed by atoms with Gasteiger partial charge in [0.1, 0.15) is 0 Å². The van der Waals surface area contributed by atoms with Gasteiger partial charge in [0.05, 0.1) is 0 Å². The van der Waals surface area contributed by atoms with E-state index in [1.54, 1.807) is 0 Å². The highest BCUT2D eigenvalue weighted by atomic mass is 14.9. The Morgan fingerprint density at radius 1 is 1.00 bits per heavy atom. The topological polar surface area (TPSA) is 12.0 Å². The number of hydrogen-bond donors (Lipinski definition) is 1. The molecule has 0 aliphatic rings. The van der Waals surface area contributed by atoms with Crippen LogP contribution in [0.4, 0.5) is 0 Å². The van der Waals surface area contributed by atoms with Crippen LogP contribution < -0.4 is 5.32 Å². The van der Waals surface area contributed by atoms with E-state index in [1.165, 1.54) is 36.8 Å².